The highest BCUT2D eigenvalue weighted by Gasteiger charge is 2.19. The van der Waals surface area contributed by atoms with Gasteiger partial charge in [-0.2, -0.15) is 0 Å². The molecule has 4 heteroatoms. The van der Waals surface area contributed by atoms with Gasteiger partial charge in [0.2, 0.25) is 0 Å². The molecule has 0 bridgehead atoms. The molecule has 104 valence electrons. The summed E-state index contributed by atoms with van der Waals surface area (Å²) in [5, 5.41) is 2.68. The summed E-state index contributed by atoms with van der Waals surface area (Å²) in [6.45, 7) is 0. The van der Waals surface area contributed by atoms with E-state index in [0.717, 1.165) is 19.3 Å². The first-order valence-electron chi connectivity index (χ1n) is 6.91. The quantitative estimate of drug-likeness (QED) is 0.866. The van der Waals surface area contributed by atoms with E-state index in [9.17, 15) is 9.18 Å². The van der Waals surface area contributed by atoms with E-state index in [2.05, 4.69) is 5.32 Å². The lowest BCUT2D eigenvalue weighted by Gasteiger charge is -2.21. The second-order valence-electron chi connectivity index (χ2n) is 4.98. The molecule has 0 radical (unpaired) electrons. The Kier molecular flexibility index (Phi) is 5.19. The molecule has 0 heterocycles. The predicted molar refractivity (Wildman–Crippen MR) is 72.9 cm³/mol. The third kappa shape index (κ3) is 4.89. The summed E-state index contributed by atoms with van der Waals surface area (Å²) in [5.74, 6) is 0. The van der Waals surface area contributed by atoms with Gasteiger partial charge >= 0.3 is 6.09 Å². The Morgan fingerprint density at radius 3 is 2.63 bits per heavy atom. The van der Waals surface area contributed by atoms with Gasteiger partial charge < -0.3 is 4.74 Å². The number of carbonyl (C=O) groups is 1. The Morgan fingerprint density at radius 1 is 1.11 bits per heavy atom. The molecule has 1 aliphatic rings. The first-order chi connectivity index (χ1) is 9.24. The molecular weight excluding hydrogens is 245 g/mol. The number of benzene rings is 1. The summed E-state index contributed by atoms with van der Waals surface area (Å²) in [6, 6.07) is 9.18. The predicted octanol–water partition coefficient (Wildman–Crippen LogP) is 4.30. The zero-order chi connectivity index (χ0) is 13.5. The average molecular weight is 265 g/mol. The van der Waals surface area contributed by atoms with E-state index in [0.29, 0.717) is 24.9 Å². The standard InChI is InChI=1S/C15H20FNO2/c16-12-6-4-5-9-14(11-10-12)19-15(18)17-13-7-2-1-3-8-13/h1-3,7-8,12,14H,4-6,9-11H2,(H,17,18)/t12-,14+/m1/s1. The summed E-state index contributed by atoms with van der Waals surface area (Å²) in [6.07, 6.45) is 3.01. The summed E-state index contributed by atoms with van der Waals surface area (Å²) >= 11 is 0. The highest BCUT2D eigenvalue weighted by Crippen LogP contribution is 2.22. The van der Waals surface area contributed by atoms with Gasteiger partial charge in [0.05, 0.1) is 0 Å². The van der Waals surface area contributed by atoms with Crippen LogP contribution >= 0.6 is 0 Å². The fourth-order valence-corrected chi connectivity index (χ4v) is 2.33. The van der Waals surface area contributed by atoms with Gasteiger partial charge in [0.25, 0.3) is 0 Å². The minimum absolute atomic E-state index is 0.165. The number of nitrogens with one attached hydrogen (secondary N) is 1. The second-order valence-corrected chi connectivity index (χ2v) is 4.98. The number of ether oxygens (including phenoxy) is 1. The van der Waals surface area contributed by atoms with E-state index in [1.165, 1.54) is 0 Å². The van der Waals surface area contributed by atoms with Crippen molar-refractivity contribution in [3.63, 3.8) is 0 Å². The number of carbonyl (C=O) groups excluding carboxylic acids is 1. The lowest BCUT2D eigenvalue weighted by molar-refractivity contribution is 0.0838. The van der Waals surface area contributed by atoms with E-state index in [1.54, 1.807) is 12.1 Å². The minimum Gasteiger partial charge on any atom is -0.446 e. The van der Waals surface area contributed by atoms with Crippen LogP contribution in [0.4, 0.5) is 14.9 Å². The van der Waals surface area contributed by atoms with Crippen LogP contribution in [0.25, 0.3) is 0 Å². The molecule has 0 saturated heterocycles. The van der Waals surface area contributed by atoms with Crippen LogP contribution in [0, 0.1) is 0 Å². The molecule has 1 aromatic rings. The molecule has 1 fully saturated rings. The van der Waals surface area contributed by atoms with Crippen molar-refractivity contribution in [2.24, 2.45) is 0 Å². The molecule has 0 aliphatic heterocycles. The molecule has 2 atom stereocenters. The van der Waals surface area contributed by atoms with Crippen LogP contribution in [0.1, 0.15) is 38.5 Å². The Bertz CT molecular complexity index is 396. The molecule has 3 nitrogen and oxygen atoms in total. The molecule has 1 amide bonds. The van der Waals surface area contributed by atoms with Gasteiger partial charge in [-0.1, -0.05) is 24.6 Å². The Labute approximate surface area is 113 Å². The number of anilines is 1. The average Bonchev–Trinajstić information content (AvgIpc) is 2.39. The van der Waals surface area contributed by atoms with Crippen molar-refractivity contribution in [2.45, 2.75) is 50.8 Å². The van der Waals surface area contributed by atoms with E-state index < -0.39 is 12.3 Å². The molecule has 1 saturated carbocycles. The van der Waals surface area contributed by atoms with Crippen LogP contribution in [0.3, 0.4) is 0 Å². The van der Waals surface area contributed by atoms with Gasteiger partial charge in [-0.15, -0.1) is 0 Å². The summed E-state index contributed by atoms with van der Waals surface area (Å²) in [7, 11) is 0. The van der Waals surface area contributed by atoms with Crippen molar-refractivity contribution in [1.82, 2.24) is 0 Å². The smallest absolute Gasteiger partial charge is 0.411 e. The lowest BCUT2D eigenvalue weighted by Crippen LogP contribution is -2.24. The van der Waals surface area contributed by atoms with E-state index >= 15 is 0 Å². The Balaban J connectivity index is 1.80. The van der Waals surface area contributed by atoms with Gasteiger partial charge in [0.1, 0.15) is 12.3 Å². The van der Waals surface area contributed by atoms with Crippen LogP contribution in [-0.2, 0) is 4.74 Å². The topological polar surface area (TPSA) is 38.3 Å². The number of alkyl halides is 1. The van der Waals surface area contributed by atoms with Crippen LogP contribution in [0.15, 0.2) is 30.3 Å². The Morgan fingerprint density at radius 2 is 1.84 bits per heavy atom. The third-order valence-electron chi connectivity index (χ3n) is 3.39. The summed E-state index contributed by atoms with van der Waals surface area (Å²) in [5.41, 5.74) is 0.710. The largest absolute Gasteiger partial charge is 0.446 e. The molecular formula is C15H20FNO2. The van der Waals surface area contributed by atoms with Crippen LogP contribution < -0.4 is 5.32 Å². The summed E-state index contributed by atoms with van der Waals surface area (Å²) in [4.78, 5) is 11.7. The molecule has 0 spiro atoms. The molecule has 0 unspecified atom stereocenters. The zero-order valence-electron chi connectivity index (χ0n) is 11.0. The zero-order valence-corrected chi connectivity index (χ0v) is 11.0. The van der Waals surface area contributed by atoms with Crippen molar-refractivity contribution < 1.29 is 13.9 Å². The highest BCUT2D eigenvalue weighted by molar-refractivity contribution is 5.84. The molecule has 19 heavy (non-hydrogen) atoms. The maximum Gasteiger partial charge on any atom is 0.411 e. The lowest BCUT2D eigenvalue weighted by atomic mass is 9.97. The van der Waals surface area contributed by atoms with Crippen molar-refractivity contribution in [2.75, 3.05) is 5.32 Å². The Hall–Kier alpha value is -1.58. The summed E-state index contributed by atoms with van der Waals surface area (Å²) < 4.78 is 18.7. The monoisotopic (exact) mass is 265 g/mol. The number of rotatable bonds is 2. The van der Waals surface area contributed by atoms with Gasteiger partial charge in [0, 0.05) is 5.69 Å². The number of amides is 1. The number of para-hydroxylation sites is 1. The normalized spacial score (nSPS) is 24.1. The fourth-order valence-electron chi connectivity index (χ4n) is 2.33. The van der Waals surface area contributed by atoms with Gasteiger partial charge in [0.15, 0.2) is 0 Å². The maximum absolute atomic E-state index is 13.3. The first-order valence-corrected chi connectivity index (χ1v) is 6.91. The van der Waals surface area contributed by atoms with Crippen molar-refractivity contribution >= 4 is 11.8 Å². The number of hydrogen-bond donors (Lipinski definition) is 1. The van der Waals surface area contributed by atoms with E-state index in [1.807, 2.05) is 18.2 Å². The van der Waals surface area contributed by atoms with Gasteiger partial charge in [-0.25, -0.2) is 9.18 Å². The molecule has 1 N–H and O–H groups in total. The van der Waals surface area contributed by atoms with Crippen LogP contribution in [-0.4, -0.2) is 18.4 Å². The SMILES string of the molecule is O=C(Nc1ccccc1)O[C@H]1CCCC[C@@H](F)CC1. The van der Waals surface area contributed by atoms with Gasteiger partial charge in [-0.05, 0) is 44.2 Å². The minimum atomic E-state index is -0.747. The number of hydrogen-bond acceptors (Lipinski definition) is 2. The van der Waals surface area contributed by atoms with Crippen LogP contribution in [0.2, 0.25) is 0 Å². The van der Waals surface area contributed by atoms with E-state index in [-0.39, 0.29) is 6.10 Å². The molecule has 1 aliphatic carbocycles. The van der Waals surface area contributed by atoms with Crippen molar-refractivity contribution in [3.05, 3.63) is 30.3 Å². The fraction of sp³-hybridized carbons (Fsp3) is 0.533. The highest BCUT2D eigenvalue weighted by atomic mass is 19.1. The van der Waals surface area contributed by atoms with E-state index in [4.69, 9.17) is 4.74 Å². The second kappa shape index (κ2) is 7.12. The molecule has 2 rings (SSSR count). The maximum atomic E-state index is 13.3. The third-order valence-corrected chi connectivity index (χ3v) is 3.39. The van der Waals surface area contributed by atoms with Crippen molar-refractivity contribution in [1.29, 1.82) is 0 Å². The first kappa shape index (κ1) is 13.8. The van der Waals surface area contributed by atoms with Crippen molar-refractivity contribution in [3.8, 4) is 0 Å². The molecule has 0 aromatic heterocycles. The number of halogens is 1. The van der Waals surface area contributed by atoms with Gasteiger partial charge in [-0.3, -0.25) is 5.32 Å². The van der Waals surface area contributed by atoms with Crippen LogP contribution in [0.5, 0.6) is 0 Å². The molecule has 1 aromatic carbocycles.